The molecule has 0 amide bonds. The minimum absolute atomic E-state index is 0.332. The van der Waals surface area contributed by atoms with E-state index in [9.17, 15) is 4.79 Å². The van der Waals surface area contributed by atoms with Crippen LogP contribution in [0.5, 0.6) is 0 Å². The average molecular weight is 373 g/mol. The van der Waals surface area contributed by atoms with Crippen LogP contribution in [0, 0.1) is 6.92 Å². The summed E-state index contributed by atoms with van der Waals surface area (Å²) in [7, 11) is 0. The van der Waals surface area contributed by atoms with Crippen LogP contribution in [0.25, 0.3) is 10.9 Å². The van der Waals surface area contributed by atoms with Crippen molar-refractivity contribution in [2.75, 3.05) is 6.61 Å². The predicted octanol–water partition coefficient (Wildman–Crippen LogP) is 4.24. The van der Waals surface area contributed by atoms with Gasteiger partial charge in [-0.05, 0) is 48.0 Å². The molecule has 2 aromatic rings. The number of rotatable bonds is 2. The highest BCUT2D eigenvalue weighted by atomic mass is 79.9. The van der Waals surface area contributed by atoms with Gasteiger partial charge in [0.15, 0.2) is 0 Å². The molecule has 1 aromatic heterocycles. The Morgan fingerprint density at radius 1 is 1.33 bits per heavy atom. The van der Waals surface area contributed by atoms with Crippen LogP contribution in [0.1, 0.15) is 23.0 Å². The van der Waals surface area contributed by atoms with Crippen LogP contribution in [0.15, 0.2) is 27.1 Å². The van der Waals surface area contributed by atoms with Crippen LogP contribution in [0.2, 0.25) is 0 Å². The number of ether oxygens (including phenoxy) is 1. The van der Waals surface area contributed by atoms with Gasteiger partial charge in [0.1, 0.15) is 0 Å². The van der Waals surface area contributed by atoms with Gasteiger partial charge >= 0.3 is 5.97 Å². The monoisotopic (exact) mass is 371 g/mol. The molecule has 0 unspecified atom stereocenters. The molecule has 0 saturated carbocycles. The van der Waals surface area contributed by atoms with Crippen molar-refractivity contribution in [1.29, 1.82) is 0 Å². The summed E-state index contributed by atoms with van der Waals surface area (Å²) >= 11 is 6.94. The van der Waals surface area contributed by atoms with Crippen molar-refractivity contribution in [2.24, 2.45) is 0 Å². The highest BCUT2D eigenvalue weighted by Crippen LogP contribution is 2.32. The average Bonchev–Trinajstić information content (AvgIpc) is 2.30. The molecule has 1 aromatic carbocycles. The number of aromatic nitrogens is 1. The molecule has 1 heterocycles. The Bertz CT molecular complexity index is 626. The summed E-state index contributed by atoms with van der Waals surface area (Å²) in [5.41, 5.74) is 2.16. The summed E-state index contributed by atoms with van der Waals surface area (Å²) in [5, 5.41) is 0.772. The maximum absolute atomic E-state index is 11.9. The molecule has 18 heavy (non-hydrogen) atoms. The molecule has 0 aliphatic carbocycles. The van der Waals surface area contributed by atoms with Gasteiger partial charge in [-0.15, -0.1) is 0 Å². The Kier molecular flexibility index (Phi) is 4.02. The molecular weight excluding hydrogens is 362 g/mol. The third kappa shape index (κ3) is 2.42. The fraction of sp³-hybridized carbons (Fsp3) is 0.231. The molecule has 0 radical (unpaired) electrons. The van der Waals surface area contributed by atoms with E-state index in [0.29, 0.717) is 12.2 Å². The zero-order chi connectivity index (χ0) is 13.3. The topological polar surface area (TPSA) is 39.2 Å². The normalized spacial score (nSPS) is 10.7. The second-order valence-corrected chi connectivity index (χ2v) is 5.49. The first-order valence-corrected chi connectivity index (χ1v) is 7.05. The van der Waals surface area contributed by atoms with Crippen molar-refractivity contribution in [3.63, 3.8) is 0 Å². The predicted molar refractivity (Wildman–Crippen MR) is 77.8 cm³/mol. The lowest BCUT2D eigenvalue weighted by Gasteiger charge is -2.09. The summed E-state index contributed by atoms with van der Waals surface area (Å²) in [6, 6.07) is 5.44. The Balaban J connectivity index is 2.77. The largest absolute Gasteiger partial charge is 0.462 e. The zero-order valence-corrected chi connectivity index (χ0v) is 13.1. The standard InChI is InChI=1S/C13H11Br2NO2/c1-3-18-13(17)8-4-5-9(14)12-11(8)10(15)6-7(2)16-12/h4-6H,3H2,1-2H3. The molecule has 0 spiro atoms. The summed E-state index contributed by atoms with van der Waals surface area (Å²) in [6.45, 7) is 4.05. The van der Waals surface area contributed by atoms with Gasteiger partial charge in [-0.25, -0.2) is 4.79 Å². The lowest BCUT2D eigenvalue weighted by molar-refractivity contribution is 0.0528. The number of esters is 1. The minimum atomic E-state index is -0.332. The Hall–Kier alpha value is -0.940. The molecule has 0 aliphatic rings. The van der Waals surface area contributed by atoms with Crippen LogP contribution in [-0.2, 0) is 4.74 Å². The van der Waals surface area contributed by atoms with Crippen molar-refractivity contribution in [3.8, 4) is 0 Å². The van der Waals surface area contributed by atoms with E-state index in [1.54, 1.807) is 13.0 Å². The van der Waals surface area contributed by atoms with E-state index < -0.39 is 0 Å². The Labute approximate surface area is 122 Å². The first kappa shape index (κ1) is 13.5. The van der Waals surface area contributed by atoms with Crippen LogP contribution < -0.4 is 0 Å². The van der Waals surface area contributed by atoms with Crippen molar-refractivity contribution < 1.29 is 9.53 Å². The van der Waals surface area contributed by atoms with Gasteiger partial charge in [0.05, 0.1) is 17.7 Å². The van der Waals surface area contributed by atoms with Crippen LogP contribution in [-0.4, -0.2) is 17.6 Å². The fourth-order valence-corrected chi connectivity index (χ4v) is 2.91. The van der Waals surface area contributed by atoms with Gasteiger partial charge in [0, 0.05) is 20.0 Å². The Morgan fingerprint density at radius 3 is 2.72 bits per heavy atom. The summed E-state index contributed by atoms with van der Waals surface area (Å²) < 4.78 is 6.76. The molecule has 0 aliphatic heterocycles. The number of pyridine rings is 1. The first-order valence-electron chi connectivity index (χ1n) is 5.47. The number of carbonyl (C=O) groups excluding carboxylic acids is 1. The molecule has 3 nitrogen and oxygen atoms in total. The lowest BCUT2D eigenvalue weighted by Crippen LogP contribution is -2.06. The number of nitrogens with zero attached hydrogens (tertiary/aromatic N) is 1. The Morgan fingerprint density at radius 2 is 2.06 bits per heavy atom. The second-order valence-electron chi connectivity index (χ2n) is 3.78. The molecule has 94 valence electrons. The maximum Gasteiger partial charge on any atom is 0.338 e. The van der Waals surface area contributed by atoms with Gasteiger partial charge in [0.2, 0.25) is 0 Å². The molecular formula is C13H11Br2NO2. The van der Waals surface area contributed by atoms with E-state index in [2.05, 4.69) is 36.8 Å². The number of hydrogen-bond acceptors (Lipinski definition) is 3. The summed E-state index contributed by atoms with van der Waals surface area (Å²) in [4.78, 5) is 16.4. The van der Waals surface area contributed by atoms with Crippen LogP contribution >= 0.6 is 31.9 Å². The molecule has 2 rings (SSSR count). The highest BCUT2D eigenvalue weighted by molar-refractivity contribution is 9.11. The van der Waals surface area contributed by atoms with E-state index >= 15 is 0 Å². The quantitative estimate of drug-likeness (QED) is 0.740. The van der Waals surface area contributed by atoms with Crippen molar-refractivity contribution in [2.45, 2.75) is 13.8 Å². The first-order chi connectivity index (χ1) is 8.54. The zero-order valence-electron chi connectivity index (χ0n) is 9.96. The van der Waals surface area contributed by atoms with E-state index in [1.165, 1.54) is 0 Å². The molecule has 0 fully saturated rings. The van der Waals surface area contributed by atoms with Gasteiger partial charge in [0.25, 0.3) is 0 Å². The van der Waals surface area contributed by atoms with Crippen molar-refractivity contribution in [3.05, 3.63) is 38.4 Å². The highest BCUT2D eigenvalue weighted by Gasteiger charge is 2.16. The number of aryl methyl sites for hydroxylation is 1. The third-order valence-corrected chi connectivity index (χ3v) is 3.75. The molecule has 0 atom stereocenters. The molecule has 0 N–H and O–H groups in total. The van der Waals surface area contributed by atoms with E-state index in [-0.39, 0.29) is 5.97 Å². The number of hydrogen-bond donors (Lipinski definition) is 0. The van der Waals surface area contributed by atoms with Crippen molar-refractivity contribution in [1.82, 2.24) is 4.98 Å². The maximum atomic E-state index is 11.9. The lowest BCUT2D eigenvalue weighted by atomic mass is 10.1. The second kappa shape index (κ2) is 5.36. The van der Waals surface area contributed by atoms with Gasteiger partial charge in [-0.1, -0.05) is 15.9 Å². The van der Waals surface area contributed by atoms with E-state index in [1.807, 2.05) is 19.1 Å². The van der Waals surface area contributed by atoms with Gasteiger partial charge in [-0.3, -0.25) is 4.98 Å². The van der Waals surface area contributed by atoms with E-state index in [4.69, 9.17) is 4.74 Å². The smallest absolute Gasteiger partial charge is 0.338 e. The van der Waals surface area contributed by atoms with Crippen LogP contribution in [0.4, 0.5) is 0 Å². The number of carbonyl (C=O) groups is 1. The van der Waals surface area contributed by atoms with Crippen molar-refractivity contribution >= 4 is 48.7 Å². The van der Waals surface area contributed by atoms with Gasteiger partial charge < -0.3 is 4.74 Å². The molecule has 0 bridgehead atoms. The van der Waals surface area contributed by atoms with Crippen LogP contribution in [0.3, 0.4) is 0 Å². The molecule has 0 saturated heterocycles. The fourth-order valence-electron chi connectivity index (χ4n) is 1.76. The molecule has 5 heteroatoms. The summed E-state index contributed by atoms with van der Waals surface area (Å²) in [5.74, 6) is -0.332. The van der Waals surface area contributed by atoms with E-state index in [0.717, 1.165) is 25.5 Å². The number of fused-ring (bicyclic) bond motifs is 1. The third-order valence-electron chi connectivity index (χ3n) is 2.49. The van der Waals surface area contributed by atoms with Gasteiger partial charge in [-0.2, -0.15) is 0 Å². The SMILES string of the molecule is CCOC(=O)c1ccc(Br)c2nc(C)cc(Br)c12. The number of benzene rings is 1. The minimum Gasteiger partial charge on any atom is -0.462 e. The summed E-state index contributed by atoms with van der Waals surface area (Å²) in [6.07, 6.45) is 0. The number of halogens is 2.